The predicted molar refractivity (Wildman–Crippen MR) is 132 cm³/mol. The first kappa shape index (κ1) is 24.8. The molecule has 0 unspecified atom stereocenters. The number of fused-ring (bicyclic) bond motifs is 1. The van der Waals surface area contributed by atoms with E-state index >= 15 is 0 Å². The van der Waals surface area contributed by atoms with Gasteiger partial charge in [-0.1, -0.05) is 18.2 Å². The Morgan fingerprint density at radius 3 is 2.61 bits per heavy atom. The third-order valence-corrected chi connectivity index (χ3v) is 5.81. The van der Waals surface area contributed by atoms with Crippen LogP contribution in [0.3, 0.4) is 0 Å². The molecule has 1 heterocycles. The second-order valence-electron chi connectivity index (χ2n) is 8.39. The van der Waals surface area contributed by atoms with Crippen molar-refractivity contribution in [3.8, 4) is 0 Å². The smallest absolute Gasteiger partial charge is 0.355 e. The standard InChI is InChI=1S/C26H24F3N5O2/c1-17-18(5-3-8-23(17)31-22-9-10-24-19(11-22)13-30-33(24)2)14-34(16-35)15-25(36)32-21-7-4-6-20(12-21)26(27,28)29/h3-13,16,31H,14-15H2,1-2H3,(H,32,36). The molecule has 0 aliphatic carbocycles. The molecule has 0 radical (unpaired) electrons. The summed E-state index contributed by atoms with van der Waals surface area (Å²) in [6.07, 6.45) is -2.19. The van der Waals surface area contributed by atoms with E-state index in [1.54, 1.807) is 10.9 Å². The van der Waals surface area contributed by atoms with Crippen LogP contribution in [0.25, 0.3) is 10.9 Å². The summed E-state index contributed by atoms with van der Waals surface area (Å²) in [4.78, 5) is 25.4. The molecule has 4 aromatic rings. The number of benzene rings is 3. The number of alkyl halides is 3. The van der Waals surface area contributed by atoms with Gasteiger partial charge in [0.2, 0.25) is 12.3 Å². The van der Waals surface area contributed by atoms with E-state index in [-0.39, 0.29) is 18.8 Å². The van der Waals surface area contributed by atoms with Crippen molar-refractivity contribution < 1.29 is 22.8 Å². The number of rotatable bonds is 8. The lowest BCUT2D eigenvalue weighted by Gasteiger charge is -2.20. The molecule has 186 valence electrons. The summed E-state index contributed by atoms with van der Waals surface area (Å²) < 4.78 is 40.5. The highest BCUT2D eigenvalue weighted by Crippen LogP contribution is 2.31. The molecule has 4 rings (SSSR count). The monoisotopic (exact) mass is 495 g/mol. The van der Waals surface area contributed by atoms with Crippen LogP contribution in [0.5, 0.6) is 0 Å². The van der Waals surface area contributed by atoms with Crippen molar-refractivity contribution in [1.29, 1.82) is 0 Å². The number of amides is 2. The molecule has 0 bridgehead atoms. The number of nitrogens with zero attached hydrogens (tertiary/aromatic N) is 3. The molecular weight excluding hydrogens is 471 g/mol. The van der Waals surface area contributed by atoms with Crippen molar-refractivity contribution in [2.75, 3.05) is 17.2 Å². The van der Waals surface area contributed by atoms with Crippen LogP contribution >= 0.6 is 0 Å². The van der Waals surface area contributed by atoms with Crippen molar-refractivity contribution in [2.24, 2.45) is 7.05 Å². The SMILES string of the molecule is Cc1c(CN(C=O)CC(=O)Nc2cccc(C(F)(F)F)c2)cccc1Nc1ccc2c(cnn2C)c1. The van der Waals surface area contributed by atoms with Crippen LogP contribution in [0.2, 0.25) is 0 Å². The van der Waals surface area contributed by atoms with Crippen molar-refractivity contribution in [2.45, 2.75) is 19.6 Å². The summed E-state index contributed by atoms with van der Waals surface area (Å²) in [5.41, 5.74) is 3.59. The van der Waals surface area contributed by atoms with Crippen LogP contribution in [0, 0.1) is 6.92 Å². The Morgan fingerprint density at radius 1 is 1.08 bits per heavy atom. The number of aromatic nitrogens is 2. The second-order valence-corrected chi connectivity index (χ2v) is 8.39. The molecule has 0 fully saturated rings. The summed E-state index contributed by atoms with van der Waals surface area (Å²) in [5.74, 6) is -0.599. The first-order valence-electron chi connectivity index (χ1n) is 11.1. The number of aryl methyl sites for hydroxylation is 1. The second kappa shape index (κ2) is 10.1. The summed E-state index contributed by atoms with van der Waals surface area (Å²) in [5, 5.41) is 11.0. The normalized spacial score (nSPS) is 11.4. The molecule has 0 saturated heterocycles. The van der Waals surface area contributed by atoms with Crippen LogP contribution in [0.15, 0.2) is 66.9 Å². The van der Waals surface area contributed by atoms with Gasteiger partial charge >= 0.3 is 6.18 Å². The average molecular weight is 496 g/mol. The number of halogens is 3. The van der Waals surface area contributed by atoms with Gasteiger partial charge in [0.25, 0.3) is 0 Å². The molecule has 0 aliphatic rings. The van der Waals surface area contributed by atoms with Gasteiger partial charge < -0.3 is 15.5 Å². The van der Waals surface area contributed by atoms with Crippen LogP contribution in [-0.2, 0) is 29.4 Å². The first-order chi connectivity index (χ1) is 17.1. The maximum absolute atomic E-state index is 12.9. The van der Waals surface area contributed by atoms with Crippen molar-refractivity contribution in [3.05, 3.63) is 83.6 Å². The molecule has 0 atom stereocenters. The fourth-order valence-corrected chi connectivity index (χ4v) is 3.89. The summed E-state index contributed by atoms with van der Waals surface area (Å²) in [6, 6.07) is 15.9. The van der Waals surface area contributed by atoms with E-state index in [1.165, 1.54) is 17.0 Å². The highest BCUT2D eigenvalue weighted by Gasteiger charge is 2.30. The Hall–Kier alpha value is -4.34. The number of carbonyl (C=O) groups excluding carboxylic acids is 2. The average Bonchev–Trinajstić information content (AvgIpc) is 3.20. The van der Waals surface area contributed by atoms with E-state index < -0.39 is 17.6 Å². The third kappa shape index (κ3) is 5.65. The molecule has 3 aromatic carbocycles. The lowest BCUT2D eigenvalue weighted by molar-refractivity contribution is -0.137. The van der Waals surface area contributed by atoms with Gasteiger partial charge in [0.1, 0.15) is 0 Å². The fraction of sp³-hybridized carbons (Fsp3) is 0.192. The molecule has 0 aliphatic heterocycles. The van der Waals surface area contributed by atoms with Crippen molar-refractivity contribution >= 4 is 40.3 Å². The van der Waals surface area contributed by atoms with E-state index in [0.29, 0.717) is 6.41 Å². The number of nitrogens with one attached hydrogen (secondary N) is 2. The number of hydrogen-bond acceptors (Lipinski definition) is 4. The fourth-order valence-electron chi connectivity index (χ4n) is 3.89. The summed E-state index contributed by atoms with van der Waals surface area (Å²) in [6.45, 7) is 1.75. The topological polar surface area (TPSA) is 79.3 Å². The van der Waals surface area contributed by atoms with E-state index in [4.69, 9.17) is 0 Å². The van der Waals surface area contributed by atoms with Gasteiger partial charge in [-0.3, -0.25) is 14.3 Å². The quantitative estimate of drug-likeness (QED) is 0.328. The Morgan fingerprint density at radius 2 is 1.86 bits per heavy atom. The molecule has 7 nitrogen and oxygen atoms in total. The van der Waals surface area contributed by atoms with Gasteiger partial charge in [-0.25, -0.2) is 0 Å². The Labute approximate surface area is 205 Å². The molecule has 1 aromatic heterocycles. The molecule has 2 N–H and O–H groups in total. The van der Waals surface area contributed by atoms with Gasteiger partial charge in [-0.15, -0.1) is 0 Å². The minimum Gasteiger partial charge on any atom is -0.355 e. The zero-order chi connectivity index (χ0) is 25.9. The van der Waals surface area contributed by atoms with Crippen molar-refractivity contribution in [1.82, 2.24) is 14.7 Å². The van der Waals surface area contributed by atoms with Gasteiger partial charge in [-0.2, -0.15) is 18.3 Å². The van der Waals surface area contributed by atoms with E-state index in [9.17, 15) is 22.8 Å². The van der Waals surface area contributed by atoms with E-state index in [0.717, 1.165) is 45.5 Å². The minimum absolute atomic E-state index is 0.00800. The number of anilines is 3. The molecule has 0 saturated carbocycles. The van der Waals surface area contributed by atoms with Crippen LogP contribution in [-0.4, -0.2) is 33.5 Å². The zero-order valence-electron chi connectivity index (χ0n) is 19.6. The summed E-state index contributed by atoms with van der Waals surface area (Å²) >= 11 is 0. The van der Waals surface area contributed by atoms with Gasteiger partial charge in [0, 0.05) is 36.0 Å². The molecular formula is C26H24F3N5O2. The first-order valence-corrected chi connectivity index (χ1v) is 11.1. The highest BCUT2D eigenvalue weighted by atomic mass is 19.4. The van der Waals surface area contributed by atoms with Gasteiger partial charge in [0.15, 0.2) is 0 Å². The van der Waals surface area contributed by atoms with E-state index in [2.05, 4.69) is 15.7 Å². The Balaban J connectivity index is 1.43. The number of carbonyl (C=O) groups is 2. The van der Waals surface area contributed by atoms with Gasteiger partial charge in [0.05, 0.1) is 23.8 Å². The lowest BCUT2D eigenvalue weighted by Crippen LogP contribution is -2.32. The largest absolute Gasteiger partial charge is 0.416 e. The van der Waals surface area contributed by atoms with Crippen LogP contribution in [0.1, 0.15) is 16.7 Å². The maximum Gasteiger partial charge on any atom is 0.416 e. The zero-order valence-corrected chi connectivity index (χ0v) is 19.6. The molecule has 10 heteroatoms. The summed E-state index contributed by atoms with van der Waals surface area (Å²) in [7, 11) is 1.88. The van der Waals surface area contributed by atoms with Crippen molar-refractivity contribution in [3.63, 3.8) is 0 Å². The lowest BCUT2D eigenvalue weighted by atomic mass is 10.1. The minimum atomic E-state index is -4.52. The third-order valence-electron chi connectivity index (χ3n) is 5.81. The Bertz CT molecular complexity index is 1410. The highest BCUT2D eigenvalue weighted by molar-refractivity contribution is 5.93. The molecule has 0 spiro atoms. The predicted octanol–water partition coefficient (Wildman–Crippen LogP) is 5.24. The Kier molecular flexibility index (Phi) is 6.96. The van der Waals surface area contributed by atoms with Crippen LogP contribution in [0.4, 0.5) is 30.2 Å². The van der Waals surface area contributed by atoms with Crippen LogP contribution < -0.4 is 10.6 Å². The van der Waals surface area contributed by atoms with Gasteiger partial charge in [-0.05, 0) is 60.5 Å². The maximum atomic E-state index is 12.9. The molecule has 36 heavy (non-hydrogen) atoms. The van der Waals surface area contributed by atoms with E-state index in [1.807, 2.05) is 50.4 Å². The number of hydrogen-bond donors (Lipinski definition) is 2. The molecule has 2 amide bonds.